The summed E-state index contributed by atoms with van der Waals surface area (Å²) in [4.78, 5) is 23.6. The number of rotatable bonds is 5. The molecule has 0 saturated heterocycles. The van der Waals surface area contributed by atoms with Crippen molar-refractivity contribution >= 4 is 23.5 Å². The average Bonchev–Trinajstić information content (AvgIpc) is 2.59. The maximum absolute atomic E-state index is 12.4. The van der Waals surface area contributed by atoms with Crippen LogP contribution in [0.5, 0.6) is 0 Å². The summed E-state index contributed by atoms with van der Waals surface area (Å²) in [7, 11) is 1.28. The Labute approximate surface area is 129 Å². The van der Waals surface area contributed by atoms with Gasteiger partial charge in [0.05, 0.1) is 7.11 Å². The molecule has 4 heteroatoms. The lowest BCUT2D eigenvalue weighted by Gasteiger charge is -2.09. The number of esters is 1. The van der Waals surface area contributed by atoms with Gasteiger partial charge in [-0.3, -0.25) is 9.59 Å². The zero-order valence-electron chi connectivity index (χ0n) is 12.3. The number of amides is 1. The first-order valence-electron chi connectivity index (χ1n) is 6.88. The van der Waals surface area contributed by atoms with E-state index in [1.807, 2.05) is 60.7 Å². The molecule has 0 aliphatic carbocycles. The van der Waals surface area contributed by atoms with Crippen LogP contribution in [-0.2, 0) is 14.3 Å². The Morgan fingerprint density at radius 2 is 1.59 bits per heavy atom. The van der Waals surface area contributed by atoms with Crippen LogP contribution in [0.15, 0.2) is 60.7 Å². The Hall–Kier alpha value is -2.88. The molecule has 2 rings (SSSR count). The first-order valence-corrected chi connectivity index (χ1v) is 6.88. The Kier molecular flexibility index (Phi) is 5.49. The molecule has 0 aliphatic rings. The van der Waals surface area contributed by atoms with Crippen LogP contribution >= 0.6 is 0 Å². The van der Waals surface area contributed by atoms with Crippen molar-refractivity contribution in [1.29, 1.82) is 0 Å². The fourth-order valence-corrected chi connectivity index (χ4v) is 1.93. The van der Waals surface area contributed by atoms with Crippen LogP contribution in [0.25, 0.3) is 11.6 Å². The quantitative estimate of drug-likeness (QED) is 0.524. The lowest BCUT2D eigenvalue weighted by Crippen LogP contribution is -2.30. The lowest BCUT2D eigenvalue weighted by atomic mass is 10.0. The van der Waals surface area contributed by atoms with Crippen molar-refractivity contribution in [3.63, 3.8) is 0 Å². The molecular weight excluding hydrogens is 278 g/mol. The number of hydrogen-bond donors (Lipinski definition) is 1. The number of hydrogen-bond acceptors (Lipinski definition) is 3. The van der Waals surface area contributed by atoms with E-state index in [9.17, 15) is 9.59 Å². The van der Waals surface area contributed by atoms with E-state index in [-0.39, 0.29) is 12.5 Å². The fourth-order valence-electron chi connectivity index (χ4n) is 1.93. The summed E-state index contributed by atoms with van der Waals surface area (Å²) < 4.78 is 4.53. The molecule has 22 heavy (non-hydrogen) atoms. The van der Waals surface area contributed by atoms with Crippen molar-refractivity contribution in [3.05, 3.63) is 71.8 Å². The molecule has 0 atom stereocenters. The van der Waals surface area contributed by atoms with Crippen molar-refractivity contribution in [1.82, 2.24) is 5.32 Å². The first-order chi connectivity index (χ1) is 10.7. The van der Waals surface area contributed by atoms with Gasteiger partial charge >= 0.3 is 5.97 Å². The Morgan fingerprint density at radius 3 is 2.18 bits per heavy atom. The van der Waals surface area contributed by atoms with E-state index in [0.29, 0.717) is 5.57 Å². The summed E-state index contributed by atoms with van der Waals surface area (Å²) in [5, 5.41) is 2.57. The third-order valence-electron chi connectivity index (χ3n) is 3.06. The van der Waals surface area contributed by atoms with E-state index in [4.69, 9.17) is 0 Å². The summed E-state index contributed by atoms with van der Waals surface area (Å²) >= 11 is 0. The minimum absolute atomic E-state index is 0.158. The molecule has 0 heterocycles. The number of carbonyl (C=O) groups is 2. The van der Waals surface area contributed by atoms with E-state index in [1.54, 1.807) is 6.08 Å². The van der Waals surface area contributed by atoms with Crippen LogP contribution in [0.4, 0.5) is 0 Å². The van der Waals surface area contributed by atoms with Crippen LogP contribution in [0, 0.1) is 0 Å². The summed E-state index contributed by atoms with van der Waals surface area (Å²) in [6.07, 6.45) is 1.79. The third-order valence-corrected chi connectivity index (χ3v) is 3.06. The Bertz CT molecular complexity index is 663. The third kappa shape index (κ3) is 4.31. The van der Waals surface area contributed by atoms with E-state index >= 15 is 0 Å². The topological polar surface area (TPSA) is 55.4 Å². The highest BCUT2D eigenvalue weighted by Crippen LogP contribution is 2.18. The molecule has 0 unspecified atom stereocenters. The molecule has 0 radical (unpaired) electrons. The molecule has 1 N–H and O–H groups in total. The van der Waals surface area contributed by atoms with Gasteiger partial charge in [0.25, 0.3) is 5.91 Å². The maximum Gasteiger partial charge on any atom is 0.325 e. The van der Waals surface area contributed by atoms with Crippen molar-refractivity contribution in [2.24, 2.45) is 0 Å². The van der Waals surface area contributed by atoms with E-state index in [0.717, 1.165) is 11.1 Å². The number of carbonyl (C=O) groups excluding carboxylic acids is 2. The van der Waals surface area contributed by atoms with Crippen LogP contribution in [0.3, 0.4) is 0 Å². The van der Waals surface area contributed by atoms with Crippen LogP contribution in [-0.4, -0.2) is 25.5 Å². The molecule has 112 valence electrons. The van der Waals surface area contributed by atoms with Gasteiger partial charge < -0.3 is 10.1 Å². The first kappa shape index (κ1) is 15.5. The normalized spacial score (nSPS) is 10.9. The average molecular weight is 295 g/mol. The van der Waals surface area contributed by atoms with Crippen LogP contribution < -0.4 is 5.32 Å². The Morgan fingerprint density at radius 1 is 1.00 bits per heavy atom. The van der Waals surface area contributed by atoms with E-state index < -0.39 is 5.97 Å². The highest BCUT2D eigenvalue weighted by Gasteiger charge is 2.13. The minimum atomic E-state index is -0.486. The molecule has 0 saturated carbocycles. The van der Waals surface area contributed by atoms with Gasteiger partial charge in [0, 0.05) is 5.57 Å². The lowest BCUT2D eigenvalue weighted by molar-refractivity contribution is -0.140. The summed E-state index contributed by atoms with van der Waals surface area (Å²) in [5.41, 5.74) is 2.19. The molecule has 0 aromatic heterocycles. The van der Waals surface area contributed by atoms with E-state index in [1.165, 1.54) is 7.11 Å². The molecule has 2 aromatic carbocycles. The molecule has 1 amide bonds. The van der Waals surface area contributed by atoms with Crippen molar-refractivity contribution < 1.29 is 14.3 Å². The molecular formula is C18H17NO3. The maximum atomic E-state index is 12.4. The molecule has 4 nitrogen and oxygen atoms in total. The van der Waals surface area contributed by atoms with Gasteiger partial charge in [-0.2, -0.15) is 0 Å². The predicted molar refractivity (Wildman–Crippen MR) is 85.8 cm³/mol. The number of nitrogens with one attached hydrogen (secondary N) is 1. The van der Waals surface area contributed by atoms with Crippen LogP contribution in [0.2, 0.25) is 0 Å². The number of methoxy groups -OCH3 is 1. The molecule has 0 fully saturated rings. The van der Waals surface area contributed by atoms with Gasteiger partial charge in [-0.15, -0.1) is 0 Å². The van der Waals surface area contributed by atoms with Crippen molar-refractivity contribution in [2.75, 3.05) is 13.7 Å². The monoisotopic (exact) mass is 295 g/mol. The van der Waals surface area contributed by atoms with Gasteiger partial charge in [0.2, 0.25) is 0 Å². The number of benzene rings is 2. The largest absolute Gasteiger partial charge is 0.468 e. The van der Waals surface area contributed by atoms with Gasteiger partial charge in [0.15, 0.2) is 0 Å². The highest BCUT2D eigenvalue weighted by molar-refractivity contribution is 6.24. The fraction of sp³-hybridized carbons (Fsp3) is 0.111. The van der Waals surface area contributed by atoms with Crippen molar-refractivity contribution in [3.8, 4) is 0 Å². The summed E-state index contributed by atoms with van der Waals surface area (Å²) in [6, 6.07) is 18.9. The second-order valence-electron chi connectivity index (χ2n) is 4.59. The second-order valence-corrected chi connectivity index (χ2v) is 4.59. The molecule has 0 spiro atoms. The number of ether oxygens (including phenoxy) is 1. The van der Waals surface area contributed by atoms with Gasteiger partial charge in [0.1, 0.15) is 6.54 Å². The molecule has 0 aliphatic heterocycles. The minimum Gasteiger partial charge on any atom is -0.468 e. The zero-order valence-corrected chi connectivity index (χ0v) is 12.3. The molecule has 0 bridgehead atoms. The predicted octanol–water partition coefficient (Wildman–Crippen LogP) is 2.52. The molecule has 2 aromatic rings. The second kappa shape index (κ2) is 7.78. The summed E-state index contributed by atoms with van der Waals surface area (Å²) in [6.45, 7) is -0.158. The van der Waals surface area contributed by atoms with Gasteiger partial charge in [-0.05, 0) is 17.2 Å². The summed E-state index contributed by atoms with van der Waals surface area (Å²) in [5.74, 6) is -0.805. The van der Waals surface area contributed by atoms with Crippen LogP contribution in [0.1, 0.15) is 11.1 Å². The standard InChI is InChI=1S/C18H17NO3/c1-22-17(20)13-19-18(21)16(15-10-6-3-7-11-15)12-14-8-4-2-5-9-14/h2-12H,13H2,1H3,(H,19,21)/b16-12+. The van der Waals surface area contributed by atoms with E-state index in [2.05, 4.69) is 10.1 Å². The SMILES string of the molecule is COC(=O)CNC(=O)/C(=C/c1ccccc1)c1ccccc1. The zero-order chi connectivity index (χ0) is 15.8. The highest BCUT2D eigenvalue weighted by atomic mass is 16.5. The van der Waals surface area contributed by atoms with Gasteiger partial charge in [-0.25, -0.2) is 0 Å². The van der Waals surface area contributed by atoms with Crippen molar-refractivity contribution in [2.45, 2.75) is 0 Å². The Balaban J connectivity index is 2.28. The van der Waals surface area contributed by atoms with Gasteiger partial charge in [-0.1, -0.05) is 60.7 Å². The smallest absolute Gasteiger partial charge is 0.325 e.